The average molecular weight is 347 g/mol. The fraction of sp³-hybridized carbons (Fsp3) is 0.625. The average Bonchev–Trinajstić information content (AvgIpc) is 2.96. The largest absolute Gasteiger partial charge is 0.315 e. The highest BCUT2D eigenvalue weighted by atomic mass is 35.5. The van der Waals surface area contributed by atoms with E-state index in [1.54, 1.807) is 11.4 Å². The van der Waals surface area contributed by atoms with Crippen LogP contribution >= 0.6 is 12.4 Å². The molecule has 1 heterocycles. The highest BCUT2D eigenvalue weighted by molar-refractivity contribution is 7.89. The Hall–Kier alpha value is -0.620. The Bertz CT molecular complexity index is 636. The summed E-state index contributed by atoms with van der Waals surface area (Å²) in [5.41, 5.74) is 5.11. The lowest BCUT2D eigenvalue weighted by Gasteiger charge is -2.27. The molecule has 4 nitrogen and oxygen atoms in total. The molecular formula is C16H27ClN2O2S. The summed E-state index contributed by atoms with van der Waals surface area (Å²) < 4.78 is 27.7. The SMILES string of the molecule is Cc1c(C)c(C)c(S(=O)(=O)N(C)C2CCNC2)c(C)c1C.Cl. The molecule has 0 bridgehead atoms. The Morgan fingerprint density at radius 3 is 1.82 bits per heavy atom. The van der Waals surface area contributed by atoms with Crippen LogP contribution < -0.4 is 5.32 Å². The second-order valence-electron chi connectivity index (χ2n) is 6.12. The molecule has 1 saturated heterocycles. The van der Waals surface area contributed by atoms with Crippen molar-refractivity contribution >= 4 is 22.4 Å². The van der Waals surface area contributed by atoms with Gasteiger partial charge in [-0.2, -0.15) is 4.31 Å². The minimum absolute atomic E-state index is 0. The molecule has 0 saturated carbocycles. The van der Waals surface area contributed by atoms with Crippen LogP contribution in [0.3, 0.4) is 0 Å². The zero-order chi connectivity index (χ0) is 15.9. The maximum absolute atomic E-state index is 13.1. The minimum Gasteiger partial charge on any atom is -0.315 e. The van der Waals surface area contributed by atoms with Gasteiger partial charge in [-0.25, -0.2) is 8.42 Å². The van der Waals surface area contributed by atoms with Crippen LogP contribution in [0.25, 0.3) is 0 Å². The Kier molecular flexibility index (Phi) is 6.07. The van der Waals surface area contributed by atoms with Crippen molar-refractivity contribution < 1.29 is 8.42 Å². The van der Waals surface area contributed by atoms with E-state index in [1.165, 1.54) is 5.56 Å². The van der Waals surface area contributed by atoms with Crippen LogP contribution in [0.1, 0.15) is 34.2 Å². The molecule has 1 aromatic carbocycles. The smallest absolute Gasteiger partial charge is 0.243 e. The van der Waals surface area contributed by atoms with Gasteiger partial charge in [0.2, 0.25) is 10.0 Å². The van der Waals surface area contributed by atoms with Gasteiger partial charge in [0.25, 0.3) is 0 Å². The van der Waals surface area contributed by atoms with Crippen LogP contribution in [0.4, 0.5) is 0 Å². The van der Waals surface area contributed by atoms with Gasteiger partial charge >= 0.3 is 0 Å². The molecule has 0 spiro atoms. The van der Waals surface area contributed by atoms with Crippen molar-refractivity contribution in [3.05, 3.63) is 27.8 Å². The molecule has 1 atom stereocenters. The second kappa shape index (κ2) is 6.87. The first-order valence-electron chi connectivity index (χ1n) is 7.45. The standard InChI is InChI=1S/C16H26N2O2S.ClH/c1-10-11(2)13(4)16(14(5)12(10)3)21(19,20)18(6)15-7-8-17-9-15;/h15,17H,7-9H2,1-6H3;1H. The zero-order valence-electron chi connectivity index (χ0n) is 14.3. The maximum Gasteiger partial charge on any atom is 0.243 e. The number of sulfonamides is 1. The molecule has 22 heavy (non-hydrogen) atoms. The first kappa shape index (κ1) is 19.4. The zero-order valence-corrected chi connectivity index (χ0v) is 15.9. The molecule has 1 aromatic rings. The maximum atomic E-state index is 13.1. The highest BCUT2D eigenvalue weighted by Crippen LogP contribution is 2.32. The van der Waals surface area contributed by atoms with Crippen molar-refractivity contribution in [2.24, 2.45) is 0 Å². The molecule has 1 unspecified atom stereocenters. The van der Waals surface area contributed by atoms with E-state index in [0.717, 1.165) is 41.8 Å². The molecule has 0 aromatic heterocycles. The van der Waals surface area contributed by atoms with Gasteiger partial charge < -0.3 is 5.32 Å². The van der Waals surface area contributed by atoms with E-state index < -0.39 is 10.0 Å². The predicted molar refractivity (Wildman–Crippen MR) is 93.6 cm³/mol. The van der Waals surface area contributed by atoms with Crippen molar-refractivity contribution in [2.75, 3.05) is 20.1 Å². The van der Waals surface area contributed by atoms with Crippen molar-refractivity contribution in [3.8, 4) is 0 Å². The van der Waals surface area contributed by atoms with Gasteiger partial charge in [-0.3, -0.25) is 0 Å². The Morgan fingerprint density at radius 1 is 0.955 bits per heavy atom. The highest BCUT2D eigenvalue weighted by Gasteiger charge is 2.33. The molecule has 0 aliphatic carbocycles. The van der Waals surface area contributed by atoms with Gasteiger partial charge in [0.15, 0.2) is 0 Å². The summed E-state index contributed by atoms with van der Waals surface area (Å²) in [5.74, 6) is 0. The number of hydrogen-bond donors (Lipinski definition) is 1. The number of nitrogens with one attached hydrogen (secondary N) is 1. The predicted octanol–water partition coefficient (Wildman–Crippen LogP) is 2.63. The number of rotatable bonds is 3. The van der Waals surface area contributed by atoms with Crippen LogP contribution in [0, 0.1) is 34.6 Å². The molecule has 0 amide bonds. The number of benzene rings is 1. The van der Waals surface area contributed by atoms with Crippen molar-refractivity contribution in [2.45, 2.75) is 52.0 Å². The second-order valence-corrected chi connectivity index (χ2v) is 8.06. The summed E-state index contributed by atoms with van der Waals surface area (Å²) in [6, 6.07) is 0.0516. The first-order valence-corrected chi connectivity index (χ1v) is 8.89. The summed E-state index contributed by atoms with van der Waals surface area (Å²) in [4.78, 5) is 0.498. The van der Waals surface area contributed by atoms with E-state index in [4.69, 9.17) is 0 Å². The monoisotopic (exact) mass is 346 g/mol. The first-order chi connectivity index (χ1) is 9.69. The summed E-state index contributed by atoms with van der Waals surface area (Å²) >= 11 is 0. The summed E-state index contributed by atoms with van der Waals surface area (Å²) in [5, 5.41) is 3.23. The Balaban J connectivity index is 0.00000242. The third-order valence-corrected chi connectivity index (χ3v) is 7.30. The van der Waals surface area contributed by atoms with Gasteiger partial charge in [0, 0.05) is 19.6 Å². The number of hydrogen-bond acceptors (Lipinski definition) is 3. The van der Waals surface area contributed by atoms with E-state index in [0.29, 0.717) is 4.90 Å². The third-order valence-electron chi connectivity index (χ3n) is 5.12. The quantitative estimate of drug-likeness (QED) is 0.915. The van der Waals surface area contributed by atoms with Gasteiger partial charge in [-0.1, -0.05) is 0 Å². The van der Waals surface area contributed by atoms with Gasteiger partial charge in [-0.05, 0) is 75.4 Å². The minimum atomic E-state index is -3.45. The molecule has 1 aliphatic heterocycles. The summed E-state index contributed by atoms with van der Waals surface area (Å²) in [7, 11) is -1.75. The summed E-state index contributed by atoms with van der Waals surface area (Å²) in [6.45, 7) is 11.5. The number of likely N-dealkylation sites (N-methyl/N-ethyl adjacent to an activating group) is 1. The van der Waals surface area contributed by atoms with E-state index in [9.17, 15) is 8.42 Å². The number of halogens is 1. The molecule has 126 valence electrons. The molecular weight excluding hydrogens is 320 g/mol. The van der Waals surface area contributed by atoms with E-state index in [1.807, 2.05) is 27.7 Å². The van der Waals surface area contributed by atoms with Crippen LogP contribution in [0.2, 0.25) is 0 Å². The lowest BCUT2D eigenvalue weighted by molar-refractivity contribution is 0.387. The molecule has 0 radical (unpaired) electrons. The van der Waals surface area contributed by atoms with Gasteiger partial charge in [0.05, 0.1) is 4.90 Å². The lowest BCUT2D eigenvalue weighted by atomic mass is 9.95. The molecule has 1 fully saturated rings. The fourth-order valence-electron chi connectivity index (χ4n) is 3.14. The van der Waals surface area contributed by atoms with Crippen molar-refractivity contribution in [3.63, 3.8) is 0 Å². The fourth-order valence-corrected chi connectivity index (χ4v) is 5.08. The van der Waals surface area contributed by atoms with Gasteiger partial charge in [0.1, 0.15) is 0 Å². The van der Waals surface area contributed by atoms with Crippen LogP contribution in [0.5, 0.6) is 0 Å². The molecule has 1 aliphatic rings. The van der Waals surface area contributed by atoms with Crippen molar-refractivity contribution in [1.82, 2.24) is 9.62 Å². The normalized spacial score (nSPS) is 18.6. The van der Waals surface area contributed by atoms with E-state index in [-0.39, 0.29) is 18.4 Å². The topological polar surface area (TPSA) is 49.4 Å². The van der Waals surface area contributed by atoms with Crippen molar-refractivity contribution in [1.29, 1.82) is 0 Å². The van der Waals surface area contributed by atoms with E-state index >= 15 is 0 Å². The van der Waals surface area contributed by atoms with Crippen LogP contribution in [-0.4, -0.2) is 38.9 Å². The van der Waals surface area contributed by atoms with Crippen LogP contribution in [-0.2, 0) is 10.0 Å². The van der Waals surface area contributed by atoms with Gasteiger partial charge in [-0.15, -0.1) is 12.4 Å². The third kappa shape index (κ3) is 3.04. The molecule has 1 N–H and O–H groups in total. The Labute approximate surface area is 140 Å². The van der Waals surface area contributed by atoms with Crippen LogP contribution in [0.15, 0.2) is 4.90 Å². The van der Waals surface area contributed by atoms with E-state index in [2.05, 4.69) is 12.2 Å². The Morgan fingerprint density at radius 2 is 1.41 bits per heavy atom. The molecule has 2 rings (SSSR count). The summed E-state index contributed by atoms with van der Waals surface area (Å²) in [6.07, 6.45) is 0.873. The lowest BCUT2D eigenvalue weighted by Crippen LogP contribution is -2.39. The molecule has 6 heteroatoms. The number of nitrogens with zero attached hydrogens (tertiary/aromatic N) is 1.